The lowest BCUT2D eigenvalue weighted by atomic mass is 10.1. The monoisotopic (exact) mass is 390 g/mol. The molecule has 0 aliphatic carbocycles. The van der Waals surface area contributed by atoms with Gasteiger partial charge in [0.25, 0.3) is 0 Å². The van der Waals surface area contributed by atoms with Gasteiger partial charge >= 0.3 is 0 Å². The van der Waals surface area contributed by atoms with Crippen molar-refractivity contribution in [3.8, 4) is 5.75 Å². The fourth-order valence-corrected chi connectivity index (χ4v) is 3.16. The summed E-state index contributed by atoms with van der Waals surface area (Å²) < 4.78 is 31.6. The number of sulfonamides is 1. The van der Waals surface area contributed by atoms with E-state index in [0.29, 0.717) is 11.4 Å². The maximum atomic E-state index is 12.1. The molecule has 0 aliphatic rings. The third kappa shape index (κ3) is 5.99. The lowest BCUT2D eigenvalue weighted by Gasteiger charge is -2.13. The van der Waals surface area contributed by atoms with Crippen LogP contribution in [0.1, 0.15) is 30.0 Å². The summed E-state index contributed by atoms with van der Waals surface area (Å²) in [7, 11) is -3.33. The molecular weight excluding hydrogens is 364 g/mol. The van der Waals surface area contributed by atoms with Gasteiger partial charge in [-0.2, -0.15) is 0 Å². The standard InChI is InChI=1S/C20H26N2O4S/c1-5-27(24,25)22-18-10-9-17(13-15(18)3)21-20(23)11-12-26-19-8-6-7-14(2)16(19)4/h6-10,13,22H,5,11-12H2,1-4H3,(H,21,23). The first-order valence-electron chi connectivity index (χ1n) is 8.82. The summed E-state index contributed by atoms with van der Waals surface area (Å²) in [6.45, 7) is 7.65. The number of anilines is 2. The number of carbonyl (C=O) groups excluding carboxylic acids is 1. The van der Waals surface area contributed by atoms with E-state index >= 15 is 0 Å². The minimum Gasteiger partial charge on any atom is -0.493 e. The first-order valence-corrected chi connectivity index (χ1v) is 10.5. The molecule has 6 nitrogen and oxygen atoms in total. The molecule has 27 heavy (non-hydrogen) atoms. The largest absolute Gasteiger partial charge is 0.493 e. The van der Waals surface area contributed by atoms with Crippen LogP contribution < -0.4 is 14.8 Å². The summed E-state index contributed by atoms with van der Waals surface area (Å²) in [5.74, 6) is 0.624. The number of ether oxygens (including phenoxy) is 1. The average Bonchev–Trinajstić information content (AvgIpc) is 2.61. The summed E-state index contributed by atoms with van der Waals surface area (Å²) in [5, 5.41) is 2.80. The summed E-state index contributed by atoms with van der Waals surface area (Å²) in [5.41, 5.74) is 4.07. The van der Waals surface area contributed by atoms with E-state index in [9.17, 15) is 13.2 Å². The quantitative estimate of drug-likeness (QED) is 0.718. The molecule has 0 saturated carbocycles. The van der Waals surface area contributed by atoms with Crippen LogP contribution in [0.15, 0.2) is 36.4 Å². The molecule has 0 radical (unpaired) electrons. The van der Waals surface area contributed by atoms with E-state index in [2.05, 4.69) is 10.0 Å². The van der Waals surface area contributed by atoms with Gasteiger partial charge in [0.2, 0.25) is 15.9 Å². The van der Waals surface area contributed by atoms with Gasteiger partial charge < -0.3 is 10.1 Å². The number of rotatable bonds is 8. The van der Waals surface area contributed by atoms with Crippen LogP contribution in [0.3, 0.4) is 0 Å². The van der Waals surface area contributed by atoms with E-state index in [1.54, 1.807) is 32.0 Å². The lowest BCUT2D eigenvalue weighted by molar-refractivity contribution is -0.116. The van der Waals surface area contributed by atoms with Gasteiger partial charge in [-0.15, -0.1) is 0 Å². The second kappa shape index (κ2) is 8.90. The highest BCUT2D eigenvalue weighted by Gasteiger charge is 2.10. The molecule has 0 spiro atoms. The number of aryl methyl sites for hydroxylation is 2. The Morgan fingerprint density at radius 2 is 1.81 bits per heavy atom. The highest BCUT2D eigenvalue weighted by molar-refractivity contribution is 7.92. The van der Waals surface area contributed by atoms with Crippen LogP contribution in [0.25, 0.3) is 0 Å². The topological polar surface area (TPSA) is 84.5 Å². The second-order valence-corrected chi connectivity index (χ2v) is 8.39. The normalized spacial score (nSPS) is 11.1. The van der Waals surface area contributed by atoms with Crippen molar-refractivity contribution < 1.29 is 17.9 Å². The van der Waals surface area contributed by atoms with Crippen LogP contribution >= 0.6 is 0 Å². The molecule has 2 aromatic rings. The third-order valence-corrected chi connectivity index (χ3v) is 5.59. The first kappa shape index (κ1) is 20.8. The Kier molecular flexibility index (Phi) is 6.85. The smallest absolute Gasteiger partial charge is 0.232 e. The highest BCUT2D eigenvalue weighted by Crippen LogP contribution is 2.22. The third-order valence-electron chi connectivity index (χ3n) is 4.30. The molecule has 7 heteroatoms. The predicted molar refractivity (Wildman–Crippen MR) is 109 cm³/mol. The van der Waals surface area contributed by atoms with Gasteiger partial charge in [-0.1, -0.05) is 12.1 Å². The van der Waals surface area contributed by atoms with Crippen LogP contribution in [0.4, 0.5) is 11.4 Å². The number of amides is 1. The fourth-order valence-electron chi connectivity index (χ4n) is 2.45. The van der Waals surface area contributed by atoms with E-state index in [1.807, 2.05) is 32.0 Å². The van der Waals surface area contributed by atoms with Gasteiger partial charge in [-0.05, 0) is 68.7 Å². The Morgan fingerprint density at radius 1 is 1.07 bits per heavy atom. The Hall–Kier alpha value is -2.54. The molecule has 0 heterocycles. The van der Waals surface area contributed by atoms with Crippen molar-refractivity contribution in [2.75, 3.05) is 22.4 Å². The molecule has 0 saturated heterocycles. The van der Waals surface area contributed by atoms with Crippen molar-refractivity contribution in [2.24, 2.45) is 0 Å². The molecule has 0 bridgehead atoms. The van der Waals surface area contributed by atoms with E-state index in [4.69, 9.17) is 4.74 Å². The molecule has 0 unspecified atom stereocenters. The Morgan fingerprint density at radius 3 is 2.48 bits per heavy atom. The summed E-state index contributed by atoms with van der Waals surface area (Å²) in [6, 6.07) is 10.9. The minimum atomic E-state index is -3.33. The number of benzene rings is 2. The first-order chi connectivity index (χ1) is 12.7. The fraction of sp³-hybridized carbons (Fsp3) is 0.350. The van der Waals surface area contributed by atoms with Crippen LogP contribution in [-0.4, -0.2) is 26.7 Å². The summed E-state index contributed by atoms with van der Waals surface area (Å²) in [4.78, 5) is 12.1. The van der Waals surface area contributed by atoms with Crippen molar-refractivity contribution in [1.82, 2.24) is 0 Å². The molecule has 1 amide bonds. The molecule has 2 aromatic carbocycles. The maximum Gasteiger partial charge on any atom is 0.232 e. The molecule has 2 rings (SSSR count). The van der Waals surface area contributed by atoms with E-state index in [-0.39, 0.29) is 24.7 Å². The van der Waals surface area contributed by atoms with Crippen LogP contribution in [0, 0.1) is 20.8 Å². The van der Waals surface area contributed by atoms with Crippen molar-refractivity contribution in [3.63, 3.8) is 0 Å². The summed E-state index contributed by atoms with van der Waals surface area (Å²) in [6.07, 6.45) is 0.219. The zero-order chi connectivity index (χ0) is 20.0. The zero-order valence-electron chi connectivity index (χ0n) is 16.1. The molecule has 2 N–H and O–H groups in total. The van der Waals surface area contributed by atoms with Crippen molar-refractivity contribution in [1.29, 1.82) is 0 Å². The van der Waals surface area contributed by atoms with E-state index in [1.165, 1.54) is 0 Å². The minimum absolute atomic E-state index is 0.00530. The van der Waals surface area contributed by atoms with Crippen molar-refractivity contribution >= 4 is 27.3 Å². The van der Waals surface area contributed by atoms with Gasteiger partial charge in [-0.25, -0.2) is 8.42 Å². The Bertz CT molecular complexity index is 924. The second-order valence-electron chi connectivity index (χ2n) is 6.38. The Balaban J connectivity index is 1.90. The lowest BCUT2D eigenvalue weighted by Crippen LogP contribution is -2.17. The van der Waals surface area contributed by atoms with Gasteiger partial charge in [0.15, 0.2) is 0 Å². The molecular formula is C20H26N2O4S. The highest BCUT2D eigenvalue weighted by atomic mass is 32.2. The van der Waals surface area contributed by atoms with Gasteiger partial charge in [0.1, 0.15) is 5.75 Å². The van der Waals surface area contributed by atoms with Gasteiger partial charge in [0.05, 0.1) is 24.5 Å². The number of carbonyl (C=O) groups is 1. The molecule has 0 aromatic heterocycles. The van der Waals surface area contributed by atoms with E-state index < -0.39 is 10.0 Å². The van der Waals surface area contributed by atoms with Gasteiger partial charge in [0, 0.05) is 5.69 Å². The average molecular weight is 391 g/mol. The summed E-state index contributed by atoms with van der Waals surface area (Å²) >= 11 is 0. The van der Waals surface area contributed by atoms with Crippen molar-refractivity contribution in [3.05, 3.63) is 53.1 Å². The molecule has 0 fully saturated rings. The van der Waals surface area contributed by atoms with Crippen LogP contribution in [-0.2, 0) is 14.8 Å². The predicted octanol–water partition coefficient (Wildman–Crippen LogP) is 3.78. The SMILES string of the molecule is CCS(=O)(=O)Nc1ccc(NC(=O)CCOc2cccc(C)c2C)cc1C. The number of nitrogens with one attached hydrogen (secondary N) is 2. The maximum absolute atomic E-state index is 12.1. The van der Waals surface area contributed by atoms with Crippen LogP contribution in [0.5, 0.6) is 5.75 Å². The zero-order valence-corrected chi connectivity index (χ0v) is 16.9. The van der Waals surface area contributed by atoms with Crippen LogP contribution in [0.2, 0.25) is 0 Å². The molecule has 146 valence electrons. The number of hydrogen-bond donors (Lipinski definition) is 2. The Labute approximate surface area is 161 Å². The van der Waals surface area contributed by atoms with E-state index in [0.717, 1.165) is 22.4 Å². The van der Waals surface area contributed by atoms with Gasteiger partial charge in [-0.3, -0.25) is 9.52 Å². The van der Waals surface area contributed by atoms with Crippen molar-refractivity contribution in [2.45, 2.75) is 34.1 Å². The number of hydrogen-bond acceptors (Lipinski definition) is 4. The molecule has 0 aliphatic heterocycles. The molecule has 0 atom stereocenters.